The molecule has 20 heavy (non-hydrogen) atoms. The van der Waals surface area contributed by atoms with Crippen molar-refractivity contribution in [3.8, 4) is 5.69 Å². The van der Waals surface area contributed by atoms with Gasteiger partial charge in [-0.3, -0.25) is 0 Å². The molecule has 106 valence electrons. The van der Waals surface area contributed by atoms with Crippen LogP contribution in [0.1, 0.15) is 30.0 Å². The number of hydrogen-bond acceptors (Lipinski definition) is 3. The van der Waals surface area contributed by atoms with Crippen molar-refractivity contribution in [1.82, 2.24) is 15.0 Å². The van der Waals surface area contributed by atoms with E-state index in [2.05, 4.69) is 10.3 Å². The summed E-state index contributed by atoms with van der Waals surface area (Å²) in [6, 6.07) is 3.28. The van der Waals surface area contributed by atoms with Crippen LogP contribution in [-0.4, -0.2) is 15.0 Å². The van der Waals surface area contributed by atoms with Gasteiger partial charge in [0, 0.05) is 10.9 Å². The molecular weight excluding hydrogens is 293 g/mol. The number of nitrogen functional groups attached to an aromatic ring is 1. The molecule has 1 aliphatic carbocycles. The second-order valence-electron chi connectivity index (χ2n) is 4.74. The molecule has 2 aromatic rings. The summed E-state index contributed by atoms with van der Waals surface area (Å²) >= 11 is 5.77. The molecule has 0 bridgehead atoms. The lowest BCUT2D eigenvalue weighted by molar-refractivity contribution is -0.137. The minimum atomic E-state index is -4.47. The fraction of sp³-hybridized carbons (Fsp3) is 0.333. The fourth-order valence-corrected chi connectivity index (χ4v) is 2.32. The van der Waals surface area contributed by atoms with E-state index in [9.17, 15) is 13.2 Å². The van der Waals surface area contributed by atoms with Crippen LogP contribution in [0.4, 0.5) is 19.0 Å². The largest absolute Gasteiger partial charge is 0.416 e. The molecule has 8 heteroatoms. The Bertz CT molecular complexity index is 661. The highest BCUT2D eigenvalue weighted by molar-refractivity contribution is 6.30. The lowest BCUT2D eigenvalue weighted by atomic mass is 10.2. The van der Waals surface area contributed by atoms with Gasteiger partial charge in [-0.15, -0.1) is 5.10 Å². The van der Waals surface area contributed by atoms with Gasteiger partial charge in [-0.05, 0) is 31.0 Å². The molecular formula is C12H10ClF3N4. The highest BCUT2D eigenvalue weighted by Gasteiger charge is 2.34. The minimum Gasteiger partial charge on any atom is -0.381 e. The molecule has 0 amide bonds. The Balaban J connectivity index is 2.13. The predicted octanol–water partition coefficient (Wildman–Crippen LogP) is 3.40. The number of nitrogens with two attached hydrogens (primary N) is 1. The van der Waals surface area contributed by atoms with Crippen LogP contribution >= 0.6 is 11.6 Å². The fourth-order valence-electron chi connectivity index (χ4n) is 2.09. The van der Waals surface area contributed by atoms with Crippen molar-refractivity contribution >= 4 is 17.4 Å². The summed E-state index contributed by atoms with van der Waals surface area (Å²) in [6.07, 6.45) is -2.60. The van der Waals surface area contributed by atoms with E-state index in [0.29, 0.717) is 5.69 Å². The van der Waals surface area contributed by atoms with E-state index in [0.717, 1.165) is 25.0 Å². The SMILES string of the molecule is Nc1nnn(-c2cc(Cl)cc(C(F)(F)F)c2)c1C1CC1. The van der Waals surface area contributed by atoms with Crippen LogP contribution in [0.3, 0.4) is 0 Å². The van der Waals surface area contributed by atoms with Crippen molar-refractivity contribution in [1.29, 1.82) is 0 Å². The lowest BCUT2D eigenvalue weighted by Gasteiger charge is -2.11. The van der Waals surface area contributed by atoms with Gasteiger partial charge in [-0.25, -0.2) is 4.68 Å². The van der Waals surface area contributed by atoms with Crippen molar-refractivity contribution in [3.63, 3.8) is 0 Å². The first-order chi connectivity index (χ1) is 9.36. The molecule has 0 radical (unpaired) electrons. The van der Waals surface area contributed by atoms with Crippen LogP contribution in [0.25, 0.3) is 5.69 Å². The van der Waals surface area contributed by atoms with E-state index in [4.69, 9.17) is 17.3 Å². The number of benzene rings is 1. The van der Waals surface area contributed by atoms with Crippen molar-refractivity contribution in [2.24, 2.45) is 0 Å². The van der Waals surface area contributed by atoms with Crippen LogP contribution in [0.15, 0.2) is 18.2 Å². The third kappa shape index (κ3) is 2.33. The first kappa shape index (κ1) is 13.2. The maximum atomic E-state index is 12.8. The van der Waals surface area contributed by atoms with Crippen molar-refractivity contribution < 1.29 is 13.2 Å². The van der Waals surface area contributed by atoms with Crippen LogP contribution in [0, 0.1) is 0 Å². The summed E-state index contributed by atoms with van der Waals surface area (Å²) < 4.78 is 39.8. The molecule has 1 fully saturated rings. The molecule has 1 saturated carbocycles. The van der Waals surface area contributed by atoms with Gasteiger partial charge in [-0.1, -0.05) is 16.8 Å². The van der Waals surface area contributed by atoms with Gasteiger partial charge in [-0.2, -0.15) is 13.2 Å². The molecule has 0 unspecified atom stereocenters. The van der Waals surface area contributed by atoms with Crippen molar-refractivity contribution in [2.75, 3.05) is 5.73 Å². The lowest BCUT2D eigenvalue weighted by Crippen LogP contribution is -2.08. The predicted molar refractivity (Wildman–Crippen MR) is 67.8 cm³/mol. The molecule has 1 aromatic heterocycles. The standard InChI is InChI=1S/C12H10ClF3N4/c13-8-3-7(12(14,15)16)4-9(5-8)20-10(6-1-2-6)11(17)18-19-20/h3-6H,1-2,17H2. The van der Waals surface area contributed by atoms with Crippen molar-refractivity contribution in [3.05, 3.63) is 34.5 Å². The number of hydrogen-bond donors (Lipinski definition) is 1. The Kier molecular flexibility index (Phi) is 2.89. The first-order valence-corrected chi connectivity index (χ1v) is 6.33. The number of aromatic nitrogens is 3. The van der Waals surface area contributed by atoms with Gasteiger partial charge in [0.25, 0.3) is 0 Å². The number of anilines is 1. The Labute approximate surface area is 117 Å². The third-order valence-corrected chi connectivity index (χ3v) is 3.37. The zero-order valence-corrected chi connectivity index (χ0v) is 10.9. The maximum absolute atomic E-state index is 12.8. The van der Waals surface area contributed by atoms with Crippen LogP contribution < -0.4 is 5.73 Å². The normalized spacial score (nSPS) is 15.6. The molecule has 0 atom stereocenters. The van der Waals surface area contributed by atoms with Crippen molar-refractivity contribution in [2.45, 2.75) is 24.9 Å². The Morgan fingerprint density at radius 1 is 1.25 bits per heavy atom. The molecule has 0 spiro atoms. The summed E-state index contributed by atoms with van der Waals surface area (Å²) in [5.74, 6) is 0.458. The first-order valence-electron chi connectivity index (χ1n) is 5.95. The summed E-state index contributed by atoms with van der Waals surface area (Å²) in [5.41, 5.74) is 5.78. The smallest absolute Gasteiger partial charge is 0.381 e. The number of rotatable bonds is 2. The number of nitrogens with zero attached hydrogens (tertiary/aromatic N) is 3. The maximum Gasteiger partial charge on any atom is 0.416 e. The van der Waals surface area contributed by atoms with Gasteiger partial charge in [0.2, 0.25) is 0 Å². The van der Waals surface area contributed by atoms with E-state index in [1.165, 1.54) is 10.7 Å². The Hall–Kier alpha value is -1.76. The van der Waals surface area contributed by atoms with E-state index in [1.807, 2.05) is 0 Å². The average molecular weight is 303 g/mol. The zero-order chi connectivity index (χ0) is 14.5. The second-order valence-corrected chi connectivity index (χ2v) is 5.18. The molecule has 1 aliphatic rings. The Morgan fingerprint density at radius 3 is 2.55 bits per heavy atom. The average Bonchev–Trinajstić information content (AvgIpc) is 3.10. The third-order valence-electron chi connectivity index (χ3n) is 3.15. The second kappa shape index (κ2) is 4.37. The van der Waals surface area contributed by atoms with Gasteiger partial charge in [0.15, 0.2) is 5.82 Å². The topological polar surface area (TPSA) is 56.7 Å². The summed E-state index contributed by atoms with van der Waals surface area (Å²) in [7, 11) is 0. The van der Waals surface area contributed by atoms with Gasteiger partial charge < -0.3 is 5.73 Å². The molecule has 3 rings (SSSR count). The van der Waals surface area contributed by atoms with E-state index in [-0.39, 0.29) is 22.4 Å². The quantitative estimate of drug-likeness (QED) is 0.925. The summed E-state index contributed by atoms with van der Waals surface area (Å²) in [5, 5.41) is 7.56. The number of alkyl halides is 3. The van der Waals surface area contributed by atoms with Crippen LogP contribution in [0.2, 0.25) is 5.02 Å². The van der Waals surface area contributed by atoms with Gasteiger partial charge in [0.05, 0.1) is 16.9 Å². The molecule has 1 aromatic carbocycles. The molecule has 1 heterocycles. The highest BCUT2D eigenvalue weighted by atomic mass is 35.5. The molecule has 0 saturated heterocycles. The van der Waals surface area contributed by atoms with E-state index in [1.54, 1.807) is 0 Å². The zero-order valence-electron chi connectivity index (χ0n) is 10.2. The highest BCUT2D eigenvalue weighted by Crippen LogP contribution is 2.43. The summed E-state index contributed by atoms with van der Waals surface area (Å²) in [6.45, 7) is 0. The van der Waals surface area contributed by atoms with E-state index < -0.39 is 11.7 Å². The molecule has 2 N–H and O–H groups in total. The van der Waals surface area contributed by atoms with E-state index >= 15 is 0 Å². The molecule has 0 aliphatic heterocycles. The van der Waals surface area contributed by atoms with Gasteiger partial charge in [0.1, 0.15) is 0 Å². The van der Waals surface area contributed by atoms with Gasteiger partial charge >= 0.3 is 6.18 Å². The van der Waals surface area contributed by atoms with Crippen LogP contribution in [-0.2, 0) is 6.18 Å². The minimum absolute atomic E-state index is 0.00866. The molecule has 4 nitrogen and oxygen atoms in total. The monoisotopic (exact) mass is 302 g/mol. The Morgan fingerprint density at radius 2 is 1.95 bits per heavy atom. The summed E-state index contributed by atoms with van der Waals surface area (Å²) in [4.78, 5) is 0. The number of halogens is 4. The van der Waals surface area contributed by atoms with Crippen LogP contribution in [0.5, 0.6) is 0 Å².